The van der Waals surface area contributed by atoms with Crippen molar-refractivity contribution in [1.82, 2.24) is 0 Å². The minimum absolute atomic E-state index is 0.313. The maximum absolute atomic E-state index is 12.1. The van der Waals surface area contributed by atoms with Gasteiger partial charge < -0.3 is 0 Å². The molecule has 0 N–H and O–H groups in total. The van der Waals surface area contributed by atoms with Crippen molar-refractivity contribution >= 4 is 5.69 Å². The van der Waals surface area contributed by atoms with E-state index in [1.54, 1.807) is 0 Å². The molecule has 0 saturated heterocycles. The zero-order valence-electron chi connectivity index (χ0n) is 7.25. The van der Waals surface area contributed by atoms with Crippen LogP contribution < -0.4 is 5.01 Å². The number of anilines is 1. The lowest BCUT2D eigenvalue weighted by atomic mass is 10.2. The van der Waals surface area contributed by atoms with Gasteiger partial charge in [0.2, 0.25) is 0 Å². The van der Waals surface area contributed by atoms with E-state index in [0.717, 1.165) is 17.1 Å². The molecule has 0 fully saturated rings. The fourth-order valence-electron chi connectivity index (χ4n) is 0.913. The molecule has 0 amide bonds. The Bertz CT molecular complexity index is 320. The number of rotatable bonds is 2. The number of nitrogens with zero attached hydrogens (tertiary/aromatic N) is 2. The molecule has 0 heterocycles. The molecular formula is C8H7F3N2O. The number of hydrogen-bond acceptors (Lipinski definition) is 2. The van der Waals surface area contributed by atoms with Gasteiger partial charge in [-0.2, -0.15) is 13.2 Å². The van der Waals surface area contributed by atoms with Crippen LogP contribution in [0.2, 0.25) is 0 Å². The largest absolute Gasteiger partial charge is 0.416 e. The van der Waals surface area contributed by atoms with E-state index in [1.165, 1.54) is 19.2 Å². The molecule has 0 radical (unpaired) electrons. The molecule has 3 nitrogen and oxygen atoms in total. The smallest absolute Gasteiger partial charge is 0.232 e. The molecule has 0 aliphatic carbocycles. The molecule has 6 heteroatoms. The molecule has 1 rings (SSSR count). The van der Waals surface area contributed by atoms with E-state index in [4.69, 9.17) is 0 Å². The molecule has 14 heavy (non-hydrogen) atoms. The van der Waals surface area contributed by atoms with E-state index in [0.29, 0.717) is 5.69 Å². The number of nitroso groups, excluding NO2 is 1. The molecule has 1 aromatic rings. The molecule has 0 aliphatic heterocycles. The zero-order valence-corrected chi connectivity index (χ0v) is 7.25. The summed E-state index contributed by atoms with van der Waals surface area (Å²) in [5, 5.41) is 3.50. The van der Waals surface area contributed by atoms with Gasteiger partial charge in [-0.15, -0.1) is 4.91 Å². The lowest BCUT2D eigenvalue weighted by molar-refractivity contribution is -0.137. The van der Waals surface area contributed by atoms with Crippen LogP contribution in [0.3, 0.4) is 0 Å². The SMILES string of the molecule is CN(N=O)c1ccc(C(F)(F)F)cc1. The minimum atomic E-state index is -4.36. The normalized spacial score (nSPS) is 11.1. The molecule has 0 unspecified atom stereocenters. The molecular weight excluding hydrogens is 197 g/mol. The second kappa shape index (κ2) is 3.65. The third-order valence-electron chi connectivity index (χ3n) is 1.69. The van der Waals surface area contributed by atoms with Crippen LogP contribution in [-0.2, 0) is 6.18 Å². The fraction of sp³-hybridized carbons (Fsp3) is 0.250. The van der Waals surface area contributed by atoms with Gasteiger partial charge in [-0.05, 0) is 24.3 Å². The number of benzene rings is 1. The van der Waals surface area contributed by atoms with Crippen LogP contribution in [0.15, 0.2) is 29.6 Å². The van der Waals surface area contributed by atoms with E-state index < -0.39 is 11.7 Å². The summed E-state index contributed by atoms with van der Waals surface area (Å²) >= 11 is 0. The van der Waals surface area contributed by atoms with Crippen molar-refractivity contribution in [2.75, 3.05) is 12.1 Å². The first-order valence-electron chi connectivity index (χ1n) is 3.69. The lowest BCUT2D eigenvalue weighted by Crippen LogP contribution is -2.08. The molecule has 1 aromatic carbocycles. The lowest BCUT2D eigenvalue weighted by Gasteiger charge is -2.10. The molecule has 0 bridgehead atoms. The second-order valence-corrected chi connectivity index (χ2v) is 2.65. The molecule has 0 atom stereocenters. The van der Waals surface area contributed by atoms with Gasteiger partial charge >= 0.3 is 6.18 Å². The third-order valence-corrected chi connectivity index (χ3v) is 1.69. The second-order valence-electron chi connectivity index (χ2n) is 2.65. The maximum atomic E-state index is 12.1. The third kappa shape index (κ3) is 2.21. The Morgan fingerprint density at radius 2 is 1.71 bits per heavy atom. The number of halogens is 3. The Labute approximate surface area is 78.1 Å². The fourth-order valence-corrected chi connectivity index (χ4v) is 0.913. The van der Waals surface area contributed by atoms with Gasteiger partial charge in [0.1, 0.15) is 0 Å². The Kier molecular flexibility index (Phi) is 2.73. The highest BCUT2D eigenvalue weighted by Crippen LogP contribution is 2.30. The molecule has 0 saturated carbocycles. The van der Waals surface area contributed by atoms with Gasteiger partial charge in [-0.25, -0.2) is 5.01 Å². The van der Waals surface area contributed by atoms with Gasteiger partial charge in [-0.1, -0.05) is 0 Å². The van der Waals surface area contributed by atoms with Crippen molar-refractivity contribution in [3.05, 3.63) is 34.7 Å². The van der Waals surface area contributed by atoms with Crippen molar-refractivity contribution in [1.29, 1.82) is 0 Å². The van der Waals surface area contributed by atoms with Crippen molar-refractivity contribution < 1.29 is 13.2 Å². The Morgan fingerprint density at radius 1 is 1.21 bits per heavy atom. The summed E-state index contributed by atoms with van der Waals surface area (Å²) < 4.78 is 36.3. The summed E-state index contributed by atoms with van der Waals surface area (Å²) in [6.45, 7) is 0. The first kappa shape index (κ1) is 10.5. The summed E-state index contributed by atoms with van der Waals surface area (Å²) in [6, 6.07) is 4.17. The van der Waals surface area contributed by atoms with Gasteiger partial charge in [0.25, 0.3) is 0 Å². The van der Waals surface area contributed by atoms with Crippen LogP contribution in [0.1, 0.15) is 5.56 Å². The summed E-state index contributed by atoms with van der Waals surface area (Å²) in [5.41, 5.74) is -0.437. The van der Waals surface area contributed by atoms with Crippen LogP contribution >= 0.6 is 0 Å². The Hall–Kier alpha value is -1.59. The van der Waals surface area contributed by atoms with E-state index >= 15 is 0 Å². The predicted molar refractivity (Wildman–Crippen MR) is 45.6 cm³/mol. The van der Waals surface area contributed by atoms with Crippen molar-refractivity contribution in [3.8, 4) is 0 Å². The van der Waals surface area contributed by atoms with Crippen molar-refractivity contribution in [3.63, 3.8) is 0 Å². The topological polar surface area (TPSA) is 32.7 Å². The van der Waals surface area contributed by atoms with Crippen LogP contribution in [0.4, 0.5) is 18.9 Å². The van der Waals surface area contributed by atoms with Crippen LogP contribution in [0.25, 0.3) is 0 Å². The molecule has 0 aliphatic rings. The van der Waals surface area contributed by atoms with E-state index in [9.17, 15) is 18.1 Å². The summed E-state index contributed by atoms with van der Waals surface area (Å²) in [4.78, 5) is 10.0. The van der Waals surface area contributed by atoms with Crippen LogP contribution in [0, 0.1) is 4.91 Å². The van der Waals surface area contributed by atoms with Gasteiger partial charge in [0.15, 0.2) is 0 Å². The van der Waals surface area contributed by atoms with Crippen molar-refractivity contribution in [2.24, 2.45) is 5.29 Å². The summed E-state index contributed by atoms with van der Waals surface area (Å²) in [6.07, 6.45) is -4.36. The Balaban J connectivity index is 2.95. The highest BCUT2D eigenvalue weighted by molar-refractivity contribution is 5.46. The molecule has 0 spiro atoms. The van der Waals surface area contributed by atoms with Gasteiger partial charge in [0.05, 0.1) is 16.5 Å². The standard InChI is InChI=1S/C8H7F3N2O/c1-13(12-14)7-4-2-6(3-5-7)8(9,10)11/h2-5H,1H3. The monoisotopic (exact) mass is 204 g/mol. The first-order valence-corrected chi connectivity index (χ1v) is 3.69. The quantitative estimate of drug-likeness (QED) is 0.548. The predicted octanol–water partition coefficient (Wildman–Crippen LogP) is 2.82. The van der Waals surface area contributed by atoms with E-state index in [1.807, 2.05) is 0 Å². The highest BCUT2D eigenvalue weighted by Gasteiger charge is 2.30. The van der Waals surface area contributed by atoms with E-state index in [-0.39, 0.29) is 0 Å². The average molecular weight is 204 g/mol. The number of hydrogen-bond donors (Lipinski definition) is 0. The Morgan fingerprint density at radius 3 is 2.07 bits per heavy atom. The van der Waals surface area contributed by atoms with Gasteiger partial charge in [-0.3, -0.25) is 0 Å². The zero-order chi connectivity index (χ0) is 10.8. The summed E-state index contributed by atoms with van der Waals surface area (Å²) in [7, 11) is 1.36. The van der Waals surface area contributed by atoms with Gasteiger partial charge in [0, 0.05) is 7.05 Å². The van der Waals surface area contributed by atoms with Crippen molar-refractivity contribution in [2.45, 2.75) is 6.18 Å². The number of alkyl halides is 3. The maximum Gasteiger partial charge on any atom is 0.416 e. The first-order chi connectivity index (χ1) is 6.45. The summed E-state index contributed by atoms with van der Waals surface area (Å²) in [5.74, 6) is 0. The molecule has 0 aromatic heterocycles. The highest BCUT2D eigenvalue weighted by atomic mass is 19.4. The van der Waals surface area contributed by atoms with E-state index in [2.05, 4.69) is 5.29 Å². The molecule has 76 valence electrons. The van der Waals surface area contributed by atoms with Crippen LogP contribution in [0.5, 0.6) is 0 Å². The van der Waals surface area contributed by atoms with Crippen LogP contribution in [-0.4, -0.2) is 7.05 Å². The minimum Gasteiger partial charge on any atom is -0.232 e. The average Bonchev–Trinajstić information content (AvgIpc) is 2.15.